The van der Waals surface area contributed by atoms with E-state index in [1.165, 1.54) is 18.7 Å². The number of hydrogen-bond acceptors (Lipinski definition) is 7. The van der Waals surface area contributed by atoms with Crippen LogP contribution in [0.25, 0.3) is 0 Å². The molecule has 1 N–H and O–H groups in total. The standard InChI is InChI=1S/C12H20N2O4S/c1-6-7(2)10-11(19-12(13-10)14-16-4)18-9(6)5-17-8(3)15/h6-7,9-11H,5H2,1-4H3,(H,13,14)/t6-,7-,9+,10+,11+/m0/s1. The third-order valence-corrected chi connectivity index (χ3v) is 4.71. The Bertz CT molecular complexity index is 377. The first-order valence-electron chi connectivity index (χ1n) is 6.35. The fraction of sp³-hybridized carbons (Fsp3) is 0.833. The van der Waals surface area contributed by atoms with Crippen LogP contribution in [0.15, 0.2) is 4.99 Å². The number of carbonyl (C=O) groups excluding carboxylic acids is 1. The SMILES string of the molecule is CONC1=N[C@@H]2[C@@H](C)[C@H](C)[C@@H](COC(C)=O)O[C@@H]2S1. The summed E-state index contributed by atoms with van der Waals surface area (Å²) in [6.07, 6.45) is -0.0789. The maximum atomic E-state index is 10.9. The van der Waals surface area contributed by atoms with E-state index in [0.717, 1.165) is 5.17 Å². The number of esters is 1. The molecule has 19 heavy (non-hydrogen) atoms. The molecule has 0 saturated carbocycles. The lowest BCUT2D eigenvalue weighted by atomic mass is 9.83. The minimum absolute atomic E-state index is 0.0376. The fourth-order valence-electron chi connectivity index (χ4n) is 2.35. The van der Waals surface area contributed by atoms with Gasteiger partial charge in [0.05, 0.1) is 19.3 Å². The third-order valence-electron chi connectivity index (χ3n) is 3.68. The average molecular weight is 288 g/mol. The van der Waals surface area contributed by atoms with Gasteiger partial charge in [0.25, 0.3) is 0 Å². The summed E-state index contributed by atoms with van der Waals surface area (Å²) < 4.78 is 11.1. The van der Waals surface area contributed by atoms with E-state index in [1.54, 1.807) is 7.11 Å². The number of amidine groups is 1. The van der Waals surface area contributed by atoms with Crippen molar-refractivity contribution in [3.05, 3.63) is 0 Å². The molecule has 0 aliphatic carbocycles. The first-order valence-corrected chi connectivity index (χ1v) is 7.23. The summed E-state index contributed by atoms with van der Waals surface area (Å²) in [5.74, 6) is 0.373. The number of aliphatic imine (C=N–C) groups is 1. The van der Waals surface area contributed by atoms with E-state index in [9.17, 15) is 4.79 Å². The Balaban J connectivity index is 1.99. The van der Waals surface area contributed by atoms with Gasteiger partial charge in [-0.1, -0.05) is 25.6 Å². The van der Waals surface area contributed by atoms with Crippen molar-refractivity contribution >= 4 is 22.9 Å². The molecule has 0 spiro atoms. The van der Waals surface area contributed by atoms with E-state index in [-0.39, 0.29) is 29.5 Å². The number of thioether (sulfide) groups is 1. The van der Waals surface area contributed by atoms with Gasteiger partial charge in [-0.15, -0.1) is 0 Å². The van der Waals surface area contributed by atoms with Gasteiger partial charge in [0, 0.05) is 6.92 Å². The first kappa shape index (κ1) is 14.6. The van der Waals surface area contributed by atoms with Gasteiger partial charge in [0.1, 0.15) is 12.0 Å². The number of nitrogens with one attached hydrogen (secondary N) is 1. The third kappa shape index (κ3) is 3.21. The van der Waals surface area contributed by atoms with Crippen molar-refractivity contribution < 1.29 is 19.1 Å². The Morgan fingerprint density at radius 2 is 2.21 bits per heavy atom. The van der Waals surface area contributed by atoms with Crippen LogP contribution >= 0.6 is 11.8 Å². The van der Waals surface area contributed by atoms with Crippen LogP contribution in [0.4, 0.5) is 0 Å². The molecule has 0 bridgehead atoms. The lowest BCUT2D eigenvalue weighted by Crippen LogP contribution is -2.47. The number of hydrogen-bond donors (Lipinski definition) is 1. The lowest BCUT2D eigenvalue weighted by molar-refractivity contribution is -0.152. The largest absolute Gasteiger partial charge is 0.463 e. The van der Waals surface area contributed by atoms with E-state index < -0.39 is 0 Å². The Kier molecular flexibility index (Phi) is 4.70. The second-order valence-electron chi connectivity index (χ2n) is 4.91. The van der Waals surface area contributed by atoms with Crippen molar-refractivity contribution in [3.63, 3.8) is 0 Å². The van der Waals surface area contributed by atoms with E-state index in [4.69, 9.17) is 14.3 Å². The maximum absolute atomic E-state index is 10.9. The van der Waals surface area contributed by atoms with Crippen molar-refractivity contribution in [2.75, 3.05) is 13.7 Å². The fourth-order valence-corrected chi connectivity index (χ4v) is 3.53. The van der Waals surface area contributed by atoms with Crippen molar-refractivity contribution in [2.24, 2.45) is 16.8 Å². The molecule has 0 unspecified atom stereocenters. The first-order chi connectivity index (χ1) is 9.02. The van der Waals surface area contributed by atoms with Crippen LogP contribution in [-0.4, -0.2) is 42.4 Å². The number of hydroxylamine groups is 1. The highest BCUT2D eigenvalue weighted by molar-refractivity contribution is 8.14. The predicted octanol–water partition coefficient (Wildman–Crippen LogP) is 1.17. The van der Waals surface area contributed by atoms with Crippen LogP contribution in [-0.2, 0) is 19.1 Å². The van der Waals surface area contributed by atoms with E-state index in [1.807, 2.05) is 0 Å². The number of nitrogens with zero attached hydrogens (tertiary/aromatic N) is 1. The summed E-state index contributed by atoms with van der Waals surface area (Å²) in [4.78, 5) is 20.4. The Morgan fingerprint density at radius 1 is 1.47 bits per heavy atom. The molecule has 1 fully saturated rings. The molecule has 0 amide bonds. The van der Waals surface area contributed by atoms with E-state index in [0.29, 0.717) is 12.5 Å². The minimum atomic E-state index is -0.275. The number of fused-ring (bicyclic) bond motifs is 1. The Labute approximate surface area is 117 Å². The quantitative estimate of drug-likeness (QED) is 0.621. The maximum Gasteiger partial charge on any atom is 0.302 e. The molecule has 108 valence electrons. The number of ether oxygens (including phenoxy) is 2. The van der Waals surface area contributed by atoms with Crippen LogP contribution in [0.2, 0.25) is 0 Å². The minimum Gasteiger partial charge on any atom is -0.463 e. The molecule has 0 aromatic heterocycles. The van der Waals surface area contributed by atoms with Crippen LogP contribution < -0.4 is 5.48 Å². The highest BCUT2D eigenvalue weighted by Gasteiger charge is 2.45. The molecule has 2 heterocycles. The van der Waals surface area contributed by atoms with Gasteiger partial charge in [-0.05, 0) is 11.8 Å². The van der Waals surface area contributed by atoms with Crippen LogP contribution in [0.1, 0.15) is 20.8 Å². The summed E-state index contributed by atoms with van der Waals surface area (Å²) in [5.41, 5.74) is 2.71. The normalized spacial score (nSPS) is 37.5. The zero-order valence-electron chi connectivity index (χ0n) is 11.6. The lowest BCUT2D eigenvalue weighted by Gasteiger charge is -2.40. The Hall–Kier alpha value is -0.790. The second-order valence-corrected chi connectivity index (χ2v) is 6.00. The van der Waals surface area contributed by atoms with Crippen LogP contribution in [0.3, 0.4) is 0 Å². The smallest absolute Gasteiger partial charge is 0.302 e. The predicted molar refractivity (Wildman–Crippen MR) is 72.6 cm³/mol. The molecular formula is C12H20N2O4S. The van der Waals surface area contributed by atoms with E-state index >= 15 is 0 Å². The molecule has 7 heteroatoms. The highest BCUT2D eigenvalue weighted by Crippen LogP contribution is 2.41. The molecule has 5 atom stereocenters. The molecule has 6 nitrogen and oxygen atoms in total. The molecule has 1 saturated heterocycles. The molecule has 0 aromatic carbocycles. The van der Waals surface area contributed by atoms with Gasteiger partial charge < -0.3 is 9.47 Å². The van der Waals surface area contributed by atoms with Gasteiger partial charge in [0.15, 0.2) is 5.17 Å². The van der Waals surface area contributed by atoms with Crippen molar-refractivity contribution in [1.82, 2.24) is 5.48 Å². The summed E-state index contributed by atoms with van der Waals surface area (Å²) in [6.45, 7) is 5.98. The van der Waals surface area contributed by atoms with Crippen LogP contribution in [0, 0.1) is 11.8 Å². The molecule has 0 aromatic rings. The Morgan fingerprint density at radius 3 is 2.84 bits per heavy atom. The zero-order valence-corrected chi connectivity index (χ0v) is 12.4. The van der Waals surface area contributed by atoms with Gasteiger partial charge in [-0.25, -0.2) is 5.48 Å². The molecule has 2 rings (SSSR count). The zero-order chi connectivity index (χ0) is 14.0. The topological polar surface area (TPSA) is 69.1 Å². The average Bonchev–Trinajstić information content (AvgIpc) is 2.75. The summed E-state index contributed by atoms with van der Waals surface area (Å²) in [6, 6.07) is 0.117. The van der Waals surface area contributed by atoms with Gasteiger partial charge in [0.2, 0.25) is 0 Å². The molecule has 2 aliphatic rings. The van der Waals surface area contributed by atoms with Crippen molar-refractivity contribution in [2.45, 2.75) is 38.4 Å². The van der Waals surface area contributed by atoms with Gasteiger partial charge >= 0.3 is 5.97 Å². The molecular weight excluding hydrogens is 268 g/mol. The van der Waals surface area contributed by atoms with Crippen molar-refractivity contribution in [1.29, 1.82) is 0 Å². The van der Waals surface area contributed by atoms with Crippen LogP contribution in [0.5, 0.6) is 0 Å². The molecule has 0 radical (unpaired) electrons. The highest BCUT2D eigenvalue weighted by atomic mass is 32.2. The van der Waals surface area contributed by atoms with Gasteiger partial charge in [-0.3, -0.25) is 14.6 Å². The monoisotopic (exact) mass is 288 g/mol. The van der Waals surface area contributed by atoms with E-state index in [2.05, 4.69) is 24.3 Å². The summed E-state index contributed by atoms with van der Waals surface area (Å²) >= 11 is 1.51. The van der Waals surface area contributed by atoms with Gasteiger partial charge in [-0.2, -0.15) is 0 Å². The summed E-state index contributed by atoms with van der Waals surface area (Å²) in [7, 11) is 1.56. The van der Waals surface area contributed by atoms with Crippen molar-refractivity contribution in [3.8, 4) is 0 Å². The number of carbonyl (C=O) groups is 1. The number of rotatable bonds is 3. The molecule has 2 aliphatic heterocycles. The summed E-state index contributed by atoms with van der Waals surface area (Å²) in [5, 5.41) is 0.740. The second kappa shape index (κ2) is 6.11.